The Hall–Kier alpha value is -1.82. The van der Waals surface area contributed by atoms with Crippen LogP contribution in [0.15, 0.2) is 34.9 Å². The van der Waals surface area contributed by atoms with E-state index in [1.807, 2.05) is 11.0 Å². The van der Waals surface area contributed by atoms with E-state index in [0.29, 0.717) is 17.2 Å². The second kappa shape index (κ2) is 5.89. The molecule has 0 aliphatic carbocycles. The fraction of sp³-hybridized carbons (Fsp3) is 0.333. The van der Waals surface area contributed by atoms with E-state index in [9.17, 15) is 4.79 Å². The molecule has 2 heterocycles. The number of carbonyl (C=O) groups excluding carboxylic acids is 1. The molecule has 3 rings (SSSR count). The number of nitrogens with zero attached hydrogens (tertiary/aromatic N) is 2. The van der Waals surface area contributed by atoms with Crippen molar-refractivity contribution in [2.75, 3.05) is 18.8 Å². The third kappa shape index (κ3) is 2.95. The molecule has 0 spiro atoms. The van der Waals surface area contributed by atoms with Crippen LogP contribution in [0.1, 0.15) is 34.8 Å². The normalized spacial score (nSPS) is 18.7. The van der Waals surface area contributed by atoms with Crippen LogP contribution in [-0.2, 0) is 0 Å². The molecule has 1 aliphatic heterocycles. The fourth-order valence-corrected chi connectivity index (χ4v) is 3.13. The van der Waals surface area contributed by atoms with Crippen molar-refractivity contribution in [3.63, 3.8) is 0 Å². The number of halogens is 1. The summed E-state index contributed by atoms with van der Waals surface area (Å²) in [5.41, 5.74) is 8.18. The predicted octanol–water partition coefficient (Wildman–Crippen LogP) is 2.77. The van der Waals surface area contributed by atoms with Gasteiger partial charge < -0.3 is 10.6 Å². The Bertz CT molecular complexity index is 641. The molecule has 1 unspecified atom stereocenters. The summed E-state index contributed by atoms with van der Waals surface area (Å²) < 4.78 is 0.760. The Morgan fingerprint density at radius 1 is 1.43 bits per heavy atom. The molecule has 21 heavy (non-hydrogen) atoms. The number of nitrogens with one attached hydrogen (secondary N) is 1. The van der Waals surface area contributed by atoms with Gasteiger partial charge in [0.1, 0.15) is 0 Å². The van der Waals surface area contributed by atoms with Gasteiger partial charge in [-0.05, 0) is 53.0 Å². The van der Waals surface area contributed by atoms with Crippen LogP contribution < -0.4 is 5.73 Å². The lowest BCUT2D eigenvalue weighted by Gasteiger charge is -2.32. The van der Waals surface area contributed by atoms with Crippen molar-refractivity contribution in [2.24, 2.45) is 0 Å². The first-order valence-corrected chi connectivity index (χ1v) is 7.78. The van der Waals surface area contributed by atoms with Crippen molar-refractivity contribution < 1.29 is 4.79 Å². The molecule has 5 nitrogen and oxygen atoms in total. The Morgan fingerprint density at radius 3 is 3.00 bits per heavy atom. The summed E-state index contributed by atoms with van der Waals surface area (Å²) in [6, 6.07) is 7.31. The average Bonchev–Trinajstić information content (AvgIpc) is 3.04. The smallest absolute Gasteiger partial charge is 0.253 e. The molecule has 1 amide bonds. The number of hydrogen-bond donors (Lipinski definition) is 2. The van der Waals surface area contributed by atoms with Gasteiger partial charge in [-0.15, -0.1) is 0 Å². The van der Waals surface area contributed by atoms with Crippen molar-refractivity contribution in [1.82, 2.24) is 15.1 Å². The third-order valence-electron chi connectivity index (χ3n) is 3.92. The van der Waals surface area contributed by atoms with Gasteiger partial charge in [-0.25, -0.2) is 0 Å². The van der Waals surface area contributed by atoms with Gasteiger partial charge >= 0.3 is 0 Å². The number of likely N-dealkylation sites (tertiary alicyclic amines) is 1. The highest BCUT2D eigenvalue weighted by Gasteiger charge is 2.26. The minimum atomic E-state index is 0.0555. The average molecular weight is 349 g/mol. The standard InChI is InChI=1S/C15H17BrN4O/c16-12-8-10(3-4-13(12)17)15(21)20-7-1-2-11(9-20)14-5-6-18-19-14/h3-6,8,11H,1-2,7,9,17H2,(H,18,19). The minimum absolute atomic E-state index is 0.0555. The number of nitrogen functional groups attached to an aromatic ring is 1. The molecule has 0 bridgehead atoms. The largest absolute Gasteiger partial charge is 0.398 e. The second-order valence-electron chi connectivity index (χ2n) is 5.34. The number of H-pyrrole nitrogens is 1. The van der Waals surface area contributed by atoms with E-state index in [0.717, 1.165) is 36.1 Å². The van der Waals surface area contributed by atoms with E-state index < -0.39 is 0 Å². The molecule has 2 aromatic rings. The number of anilines is 1. The van der Waals surface area contributed by atoms with Gasteiger partial charge in [0, 0.05) is 46.6 Å². The van der Waals surface area contributed by atoms with Crippen molar-refractivity contribution in [1.29, 1.82) is 0 Å². The van der Waals surface area contributed by atoms with Crippen LogP contribution in [0.4, 0.5) is 5.69 Å². The van der Waals surface area contributed by atoms with Crippen LogP contribution in [0.2, 0.25) is 0 Å². The highest BCUT2D eigenvalue weighted by Crippen LogP contribution is 2.27. The quantitative estimate of drug-likeness (QED) is 0.819. The Balaban J connectivity index is 1.76. The number of carbonyl (C=O) groups is 1. The van der Waals surface area contributed by atoms with Crippen molar-refractivity contribution >= 4 is 27.5 Å². The molecule has 0 saturated carbocycles. The summed E-state index contributed by atoms with van der Waals surface area (Å²) in [5.74, 6) is 0.391. The molecule has 1 saturated heterocycles. The Labute approximate surface area is 131 Å². The second-order valence-corrected chi connectivity index (χ2v) is 6.19. The first-order valence-electron chi connectivity index (χ1n) is 6.98. The molecule has 6 heteroatoms. The van der Waals surface area contributed by atoms with Gasteiger partial charge in [-0.1, -0.05) is 0 Å². The zero-order valence-corrected chi connectivity index (χ0v) is 13.1. The van der Waals surface area contributed by atoms with Crippen LogP contribution in [0.25, 0.3) is 0 Å². The lowest BCUT2D eigenvalue weighted by Crippen LogP contribution is -2.39. The van der Waals surface area contributed by atoms with E-state index in [1.54, 1.807) is 24.4 Å². The van der Waals surface area contributed by atoms with Crippen LogP contribution in [-0.4, -0.2) is 34.1 Å². The molecule has 1 atom stereocenters. The van der Waals surface area contributed by atoms with Crippen LogP contribution in [0.3, 0.4) is 0 Å². The number of nitrogens with two attached hydrogens (primary N) is 1. The van der Waals surface area contributed by atoms with Gasteiger partial charge in [0.15, 0.2) is 0 Å². The number of aromatic nitrogens is 2. The first-order chi connectivity index (χ1) is 10.1. The number of hydrogen-bond acceptors (Lipinski definition) is 3. The van der Waals surface area contributed by atoms with Gasteiger partial charge in [-0.3, -0.25) is 9.89 Å². The predicted molar refractivity (Wildman–Crippen MR) is 85.0 cm³/mol. The van der Waals surface area contributed by atoms with Gasteiger partial charge in [0.05, 0.1) is 0 Å². The van der Waals surface area contributed by atoms with Crippen LogP contribution in [0, 0.1) is 0 Å². The van der Waals surface area contributed by atoms with Crippen molar-refractivity contribution in [3.8, 4) is 0 Å². The highest BCUT2D eigenvalue weighted by molar-refractivity contribution is 9.10. The van der Waals surface area contributed by atoms with E-state index >= 15 is 0 Å². The number of aromatic amines is 1. The van der Waals surface area contributed by atoms with Gasteiger partial charge in [0.2, 0.25) is 0 Å². The first kappa shape index (κ1) is 14.1. The summed E-state index contributed by atoms with van der Waals surface area (Å²) in [6.45, 7) is 1.52. The molecule has 1 aromatic heterocycles. The maximum absolute atomic E-state index is 12.6. The lowest BCUT2D eigenvalue weighted by atomic mass is 9.94. The molecule has 110 valence electrons. The molecule has 1 aromatic carbocycles. The maximum Gasteiger partial charge on any atom is 0.253 e. The molecule has 0 radical (unpaired) electrons. The molecule has 1 aliphatic rings. The monoisotopic (exact) mass is 348 g/mol. The third-order valence-corrected chi connectivity index (χ3v) is 4.60. The van der Waals surface area contributed by atoms with Crippen molar-refractivity contribution in [2.45, 2.75) is 18.8 Å². The van der Waals surface area contributed by atoms with E-state index in [4.69, 9.17) is 5.73 Å². The summed E-state index contributed by atoms with van der Waals surface area (Å²) in [4.78, 5) is 14.5. The Kier molecular flexibility index (Phi) is 3.96. The zero-order valence-electron chi connectivity index (χ0n) is 11.6. The van der Waals surface area contributed by atoms with E-state index in [1.165, 1.54) is 0 Å². The fourth-order valence-electron chi connectivity index (χ4n) is 2.75. The zero-order chi connectivity index (χ0) is 14.8. The van der Waals surface area contributed by atoms with Gasteiger partial charge in [0.25, 0.3) is 5.91 Å². The highest BCUT2D eigenvalue weighted by atomic mass is 79.9. The van der Waals surface area contributed by atoms with E-state index in [2.05, 4.69) is 26.1 Å². The topological polar surface area (TPSA) is 75.0 Å². The SMILES string of the molecule is Nc1ccc(C(=O)N2CCCC(c3ccn[nH]3)C2)cc1Br. The number of amides is 1. The van der Waals surface area contributed by atoms with Gasteiger partial charge in [-0.2, -0.15) is 5.10 Å². The van der Waals surface area contributed by atoms with Crippen LogP contribution in [0.5, 0.6) is 0 Å². The Morgan fingerprint density at radius 2 is 2.29 bits per heavy atom. The number of piperidine rings is 1. The summed E-state index contributed by atoms with van der Waals surface area (Å²) in [7, 11) is 0. The molecule has 3 N–H and O–H groups in total. The molecular weight excluding hydrogens is 332 g/mol. The van der Waals surface area contributed by atoms with Crippen molar-refractivity contribution in [3.05, 3.63) is 46.2 Å². The number of benzene rings is 1. The summed E-state index contributed by atoms with van der Waals surface area (Å²) >= 11 is 3.37. The summed E-state index contributed by atoms with van der Waals surface area (Å²) in [6.07, 6.45) is 3.84. The molecule has 1 fully saturated rings. The maximum atomic E-state index is 12.6. The lowest BCUT2D eigenvalue weighted by molar-refractivity contribution is 0.0706. The van der Waals surface area contributed by atoms with Crippen LogP contribution >= 0.6 is 15.9 Å². The molecular formula is C15H17BrN4O. The van der Waals surface area contributed by atoms with E-state index in [-0.39, 0.29) is 5.91 Å². The minimum Gasteiger partial charge on any atom is -0.398 e. The summed E-state index contributed by atoms with van der Waals surface area (Å²) in [5, 5.41) is 7.01. The number of rotatable bonds is 2.